The first-order valence-corrected chi connectivity index (χ1v) is 9.92. The van der Waals surface area contributed by atoms with Gasteiger partial charge in [0.15, 0.2) is 0 Å². The maximum absolute atomic E-state index is 10.9. The van der Waals surface area contributed by atoms with Crippen LogP contribution in [-0.4, -0.2) is 32.4 Å². The van der Waals surface area contributed by atoms with Gasteiger partial charge in [0.25, 0.3) is 0 Å². The van der Waals surface area contributed by atoms with Gasteiger partial charge in [-0.05, 0) is 43.0 Å². The molecule has 0 fully saturated rings. The summed E-state index contributed by atoms with van der Waals surface area (Å²) in [4.78, 5) is 28.3. The Labute approximate surface area is 176 Å². The van der Waals surface area contributed by atoms with Gasteiger partial charge in [0.05, 0.1) is 12.2 Å². The molecule has 0 saturated carbocycles. The normalized spacial score (nSPS) is 10.5. The molecule has 30 heavy (non-hydrogen) atoms. The molecule has 3 rings (SSSR count). The van der Waals surface area contributed by atoms with E-state index in [9.17, 15) is 4.79 Å². The van der Waals surface area contributed by atoms with Crippen LogP contribution >= 0.6 is 0 Å². The van der Waals surface area contributed by atoms with Gasteiger partial charge in [-0.3, -0.25) is 4.79 Å². The number of rotatable bonds is 9. The average Bonchev–Trinajstić information content (AvgIpc) is 2.73. The standard InChI is InChI=1S/C22H26N6O2/c1-4-17-12-24-22(25-13-17)26-14-19-11-21(28-15(2)27-19)30-20-7-5-18(6-8-20)9-10-23-16(3)29/h5-8,11-13H,4,9-10,14H2,1-3H3,(H,23,29)(H,24,25,26). The number of ether oxygens (including phenoxy) is 1. The zero-order chi connectivity index (χ0) is 21.3. The molecule has 2 heterocycles. The molecule has 1 aromatic carbocycles. The summed E-state index contributed by atoms with van der Waals surface area (Å²) >= 11 is 0. The van der Waals surface area contributed by atoms with Crippen molar-refractivity contribution < 1.29 is 9.53 Å². The minimum absolute atomic E-state index is 0.0242. The molecule has 0 bridgehead atoms. The number of nitrogens with one attached hydrogen (secondary N) is 2. The summed E-state index contributed by atoms with van der Waals surface area (Å²) in [5.41, 5.74) is 3.00. The molecular weight excluding hydrogens is 380 g/mol. The van der Waals surface area contributed by atoms with Crippen molar-refractivity contribution in [1.82, 2.24) is 25.3 Å². The first kappa shape index (κ1) is 21.2. The molecule has 0 aliphatic carbocycles. The minimum atomic E-state index is -0.0242. The lowest BCUT2D eigenvalue weighted by molar-refractivity contribution is -0.118. The molecule has 1 amide bonds. The summed E-state index contributed by atoms with van der Waals surface area (Å²) < 4.78 is 5.90. The van der Waals surface area contributed by atoms with Gasteiger partial charge in [0.1, 0.15) is 11.6 Å². The Morgan fingerprint density at radius 2 is 1.80 bits per heavy atom. The third-order valence-corrected chi connectivity index (χ3v) is 4.34. The van der Waals surface area contributed by atoms with Crippen molar-refractivity contribution in [3.8, 4) is 11.6 Å². The van der Waals surface area contributed by atoms with E-state index in [0.29, 0.717) is 36.5 Å². The Morgan fingerprint density at radius 3 is 2.47 bits per heavy atom. The van der Waals surface area contributed by atoms with Crippen molar-refractivity contribution in [1.29, 1.82) is 0 Å². The third kappa shape index (κ3) is 6.51. The molecule has 2 aromatic heterocycles. The summed E-state index contributed by atoms with van der Waals surface area (Å²) in [6.07, 6.45) is 5.30. The molecule has 0 aliphatic rings. The summed E-state index contributed by atoms with van der Waals surface area (Å²) in [6.45, 7) is 6.49. The molecule has 156 valence electrons. The SMILES string of the molecule is CCc1cnc(NCc2cc(Oc3ccc(CCNC(C)=O)cc3)nc(C)n2)nc1. The van der Waals surface area contributed by atoms with E-state index in [2.05, 4.69) is 37.5 Å². The van der Waals surface area contributed by atoms with Gasteiger partial charge < -0.3 is 15.4 Å². The highest BCUT2D eigenvalue weighted by Gasteiger charge is 2.06. The first-order chi connectivity index (χ1) is 14.5. The van der Waals surface area contributed by atoms with Crippen molar-refractivity contribution in [3.05, 3.63) is 65.4 Å². The minimum Gasteiger partial charge on any atom is -0.439 e. The fourth-order valence-corrected chi connectivity index (χ4v) is 2.77. The zero-order valence-electron chi connectivity index (χ0n) is 17.5. The van der Waals surface area contributed by atoms with Crippen LogP contribution in [0.3, 0.4) is 0 Å². The summed E-state index contributed by atoms with van der Waals surface area (Å²) in [7, 11) is 0. The number of amides is 1. The van der Waals surface area contributed by atoms with Crippen LogP contribution in [0.4, 0.5) is 5.95 Å². The van der Waals surface area contributed by atoms with E-state index in [1.165, 1.54) is 6.92 Å². The van der Waals surface area contributed by atoms with Gasteiger partial charge in [-0.15, -0.1) is 0 Å². The van der Waals surface area contributed by atoms with Crippen LogP contribution in [0.5, 0.6) is 11.6 Å². The number of carbonyl (C=O) groups is 1. The quantitative estimate of drug-likeness (QED) is 0.562. The van der Waals surface area contributed by atoms with E-state index in [1.54, 1.807) is 6.07 Å². The number of aromatic nitrogens is 4. The Hall–Kier alpha value is -3.55. The maximum atomic E-state index is 10.9. The smallest absolute Gasteiger partial charge is 0.222 e. The Bertz CT molecular complexity index is 974. The topological polar surface area (TPSA) is 102 Å². The molecule has 0 unspecified atom stereocenters. The van der Waals surface area contributed by atoms with Crippen molar-refractivity contribution in [2.24, 2.45) is 0 Å². The van der Waals surface area contributed by atoms with Crippen LogP contribution in [0.1, 0.15) is 36.5 Å². The third-order valence-electron chi connectivity index (χ3n) is 4.34. The molecular formula is C22H26N6O2. The van der Waals surface area contributed by atoms with E-state index in [1.807, 2.05) is 43.6 Å². The fourth-order valence-electron chi connectivity index (χ4n) is 2.77. The first-order valence-electron chi connectivity index (χ1n) is 9.92. The van der Waals surface area contributed by atoms with Gasteiger partial charge in [-0.2, -0.15) is 4.98 Å². The van der Waals surface area contributed by atoms with E-state index < -0.39 is 0 Å². The Balaban J connectivity index is 1.59. The number of benzene rings is 1. The average molecular weight is 406 g/mol. The van der Waals surface area contributed by atoms with Gasteiger partial charge in [0, 0.05) is 31.9 Å². The van der Waals surface area contributed by atoms with Crippen LogP contribution in [0, 0.1) is 6.92 Å². The van der Waals surface area contributed by atoms with Crippen LogP contribution in [0.2, 0.25) is 0 Å². The molecule has 2 N–H and O–H groups in total. The summed E-state index contributed by atoms with van der Waals surface area (Å²) in [5.74, 6) is 2.32. The number of aryl methyl sites for hydroxylation is 2. The molecule has 8 heteroatoms. The predicted molar refractivity (Wildman–Crippen MR) is 114 cm³/mol. The van der Waals surface area contributed by atoms with Crippen LogP contribution in [0.15, 0.2) is 42.7 Å². The van der Waals surface area contributed by atoms with Crippen molar-refractivity contribution in [2.75, 3.05) is 11.9 Å². The molecule has 0 saturated heterocycles. The van der Waals surface area contributed by atoms with E-state index in [4.69, 9.17) is 4.74 Å². The molecule has 0 aliphatic heterocycles. The molecule has 0 atom stereocenters. The van der Waals surface area contributed by atoms with Gasteiger partial charge in [0.2, 0.25) is 17.7 Å². The van der Waals surface area contributed by atoms with Crippen LogP contribution in [-0.2, 0) is 24.2 Å². The fraction of sp³-hybridized carbons (Fsp3) is 0.318. The zero-order valence-corrected chi connectivity index (χ0v) is 17.5. The highest BCUT2D eigenvalue weighted by molar-refractivity contribution is 5.72. The van der Waals surface area contributed by atoms with Crippen LogP contribution < -0.4 is 15.4 Å². The van der Waals surface area contributed by atoms with E-state index in [0.717, 1.165) is 29.7 Å². The number of hydrogen-bond donors (Lipinski definition) is 2. The van der Waals surface area contributed by atoms with Gasteiger partial charge in [-0.1, -0.05) is 19.1 Å². The van der Waals surface area contributed by atoms with Crippen molar-refractivity contribution >= 4 is 11.9 Å². The maximum Gasteiger partial charge on any atom is 0.222 e. The van der Waals surface area contributed by atoms with E-state index in [-0.39, 0.29) is 5.91 Å². The summed E-state index contributed by atoms with van der Waals surface area (Å²) in [5, 5.41) is 5.96. The number of hydrogen-bond acceptors (Lipinski definition) is 7. The number of carbonyl (C=O) groups excluding carboxylic acids is 1. The molecule has 0 spiro atoms. The van der Waals surface area contributed by atoms with Crippen molar-refractivity contribution in [3.63, 3.8) is 0 Å². The van der Waals surface area contributed by atoms with E-state index >= 15 is 0 Å². The second kappa shape index (κ2) is 10.3. The Morgan fingerprint density at radius 1 is 1.07 bits per heavy atom. The molecule has 0 radical (unpaired) electrons. The highest BCUT2D eigenvalue weighted by atomic mass is 16.5. The predicted octanol–water partition coefficient (Wildman–Crippen LogP) is 3.22. The van der Waals surface area contributed by atoms with Crippen LogP contribution in [0.25, 0.3) is 0 Å². The van der Waals surface area contributed by atoms with Gasteiger partial charge >= 0.3 is 0 Å². The lowest BCUT2D eigenvalue weighted by atomic mass is 10.1. The monoisotopic (exact) mass is 406 g/mol. The van der Waals surface area contributed by atoms with Crippen molar-refractivity contribution in [2.45, 2.75) is 40.2 Å². The highest BCUT2D eigenvalue weighted by Crippen LogP contribution is 2.21. The lowest BCUT2D eigenvalue weighted by Gasteiger charge is -2.10. The molecule has 8 nitrogen and oxygen atoms in total. The van der Waals surface area contributed by atoms with Gasteiger partial charge in [-0.25, -0.2) is 15.0 Å². The summed E-state index contributed by atoms with van der Waals surface area (Å²) in [6, 6.07) is 9.53. The Kier molecular flexibility index (Phi) is 7.26. The second-order valence-electron chi connectivity index (χ2n) is 6.85. The number of anilines is 1. The lowest BCUT2D eigenvalue weighted by Crippen LogP contribution is -2.22. The number of nitrogens with zero attached hydrogens (tertiary/aromatic N) is 4. The molecule has 3 aromatic rings. The second-order valence-corrected chi connectivity index (χ2v) is 6.85. The largest absolute Gasteiger partial charge is 0.439 e.